The second-order valence-electron chi connectivity index (χ2n) is 5.42. The molecule has 1 aromatic heterocycles. The third-order valence-corrected chi connectivity index (χ3v) is 3.87. The highest BCUT2D eigenvalue weighted by Gasteiger charge is 2.38. The van der Waals surface area contributed by atoms with Crippen molar-refractivity contribution in [1.29, 1.82) is 0 Å². The first-order chi connectivity index (χ1) is 9.98. The number of carbonyl (C=O) groups excluding carboxylic acids is 2. The number of pyridine rings is 1. The van der Waals surface area contributed by atoms with E-state index in [1.54, 1.807) is 31.2 Å². The van der Waals surface area contributed by atoms with Gasteiger partial charge in [0.25, 0.3) is 0 Å². The molecule has 114 valence electrons. The van der Waals surface area contributed by atoms with Crippen LogP contribution in [0, 0.1) is 0 Å². The van der Waals surface area contributed by atoms with Crippen molar-refractivity contribution in [3.8, 4) is 5.88 Å². The smallest absolute Gasteiger partial charge is 0.248 e. The van der Waals surface area contributed by atoms with E-state index in [-0.39, 0.29) is 11.8 Å². The first kappa shape index (κ1) is 15.3. The summed E-state index contributed by atoms with van der Waals surface area (Å²) < 4.78 is 5.02. The molecule has 1 aliphatic rings. The van der Waals surface area contributed by atoms with Crippen LogP contribution in [0.4, 0.5) is 0 Å². The Morgan fingerprint density at radius 2 is 2.19 bits per heavy atom. The Hall–Kier alpha value is -2.11. The number of nitrogens with one attached hydrogen (secondary N) is 1. The largest absolute Gasteiger partial charge is 0.481 e. The van der Waals surface area contributed by atoms with E-state index in [0.29, 0.717) is 31.8 Å². The fraction of sp³-hybridized carbons (Fsp3) is 0.533. The van der Waals surface area contributed by atoms with E-state index in [1.807, 2.05) is 13.0 Å². The zero-order chi connectivity index (χ0) is 15.5. The number of ether oxygens (including phenoxy) is 1. The summed E-state index contributed by atoms with van der Waals surface area (Å²) in [5, 5.41) is 2.82. The molecule has 1 aliphatic heterocycles. The van der Waals surface area contributed by atoms with Crippen molar-refractivity contribution in [1.82, 2.24) is 15.2 Å². The van der Waals surface area contributed by atoms with Gasteiger partial charge in [-0.15, -0.1) is 0 Å². The van der Waals surface area contributed by atoms with Crippen molar-refractivity contribution in [3.05, 3.63) is 23.9 Å². The highest BCUT2D eigenvalue weighted by molar-refractivity contribution is 5.93. The van der Waals surface area contributed by atoms with Gasteiger partial charge in [-0.2, -0.15) is 0 Å². The van der Waals surface area contributed by atoms with E-state index >= 15 is 0 Å². The Bertz CT molecular complexity index is 529. The summed E-state index contributed by atoms with van der Waals surface area (Å²) in [5.74, 6) is 0.408. The van der Waals surface area contributed by atoms with Gasteiger partial charge in [0, 0.05) is 31.8 Å². The molecule has 2 amide bonds. The molecule has 6 heteroatoms. The molecule has 6 nitrogen and oxygen atoms in total. The Balaban J connectivity index is 2.17. The summed E-state index contributed by atoms with van der Waals surface area (Å²) in [5.41, 5.74) is 0.0879. The lowest BCUT2D eigenvalue weighted by molar-refractivity contribution is -0.138. The third kappa shape index (κ3) is 3.32. The average molecular weight is 291 g/mol. The first-order valence-electron chi connectivity index (χ1n) is 7.08. The summed E-state index contributed by atoms with van der Waals surface area (Å²) in [7, 11) is 1.56. The molecule has 2 heterocycles. The standard InChI is InChI=1S/C15H21N3O3/c1-4-15(2)14(20)18(8-7-12(19)17-15)10-11-5-6-13(21-3)16-9-11/h5-6,9H,4,7-8,10H2,1-3H3,(H,17,19). The van der Waals surface area contributed by atoms with Gasteiger partial charge in [-0.1, -0.05) is 13.0 Å². The summed E-state index contributed by atoms with van der Waals surface area (Å²) >= 11 is 0. The van der Waals surface area contributed by atoms with Gasteiger partial charge in [-0.3, -0.25) is 9.59 Å². The molecule has 0 spiro atoms. The van der Waals surface area contributed by atoms with Crippen LogP contribution >= 0.6 is 0 Å². The molecule has 0 saturated carbocycles. The summed E-state index contributed by atoms with van der Waals surface area (Å²) in [6.07, 6.45) is 2.58. The fourth-order valence-corrected chi connectivity index (χ4v) is 2.35. The van der Waals surface area contributed by atoms with Crippen molar-refractivity contribution in [3.63, 3.8) is 0 Å². The van der Waals surface area contributed by atoms with Gasteiger partial charge in [-0.05, 0) is 18.9 Å². The quantitative estimate of drug-likeness (QED) is 0.902. The van der Waals surface area contributed by atoms with E-state index in [1.165, 1.54) is 0 Å². The molecule has 1 unspecified atom stereocenters. The maximum Gasteiger partial charge on any atom is 0.248 e. The molecule has 21 heavy (non-hydrogen) atoms. The first-order valence-corrected chi connectivity index (χ1v) is 7.08. The SMILES string of the molecule is CCC1(C)NC(=O)CCN(Cc2ccc(OC)nc2)C1=O. The highest BCUT2D eigenvalue weighted by atomic mass is 16.5. The molecule has 0 aliphatic carbocycles. The zero-order valence-corrected chi connectivity index (χ0v) is 12.7. The van der Waals surface area contributed by atoms with E-state index in [0.717, 1.165) is 5.56 Å². The lowest BCUT2D eigenvalue weighted by Gasteiger charge is -2.31. The highest BCUT2D eigenvalue weighted by Crippen LogP contribution is 2.19. The predicted octanol–water partition coefficient (Wildman–Crippen LogP) is 1.11. The maximum atomic E-state index is 12.6. The lowest BCUT2D eigenvalue weighted by Crippen LogP contribution is -2.54. The van der Waals surface area contributed by atoms with Crippen LogP contribution in [-0.2, 0) is 16.1 Å². The Morgan fingerprint density at radius 1 is 1.43 bits per heavy atom. The predicted molar refractivity (Wildman–Crippen MR) is 77.7 cm³/mol. The molecule has 1 atom stereocenters. The number of carbonyl (C=O) groups is 2. The van der Waals surface area contributed by atoms with Crippen LogP contribution in [0.25, 0.3) is 0 Å². The summed E-state index contributed by atoms with van der Waals surface area (Å²) in [6, 6.07) is 3.64. The molecule has 1 aromatic rings. The lowest BCUT2D eigenvalue weighted by atomic mass is 9.97. The van der Waals surface area contributed by atoms with E-state index in [4.69, 9.17) is 4.74 Å². The van der Waals surface area contributed by atoms with E-state index in [2.05, 4.69) is 10.3 Å². The van der Waals surface area contributed by atoms with E-state index in [9.17, 15) is 9.59 Å². The number of hydrogen-bond acceptors (Lipinski definition) is 4. The number of nitrogens with zero attached hydrogens (tertiary/aromatic N) is 2. The van der Waals surface area contributed by atoms with Gasteiger partial charge in [0.1, 0.15) is 5.54 Å². The fourth-order valence-electron chi connectivity index (χ4n) is 2.35. The molecule has 0 bridgehead atoms. The number of rotatable bonds is 4. The second kappa shape index (κ2) is 6.11. The minimum absolute atomic E-state index is 0.0494. The monoisotopic (exact) mass is 291 g/mol. The summed E-state index contributed by atoms with van der Waals surface area (Å²) in [4.78, 5) is 30.3. The maximum absolute atomic E-state index is 12.6. The zero-order valence-electron chi connectivity index (χ0n) is 12.7. The molecule has 1 N–H and O–H groups in total. The Labute approximate surface area is 124 Å². The third-order valence-electron chi connectivity index (χ3n) is 3.87. The second-order valence-corrected chi connectivity index (χ2v) is 5.42. The van der Waals surface area contributed by atoms with Crippen molar-refractivity contribution in [2.75, 3.05) is 13.7 Å². The molecule has 1 fully saturated rings. The van der Waals surface area contributed by atoms with Crippen molar-refractivity contribution in [2.45, 2.75) is 38.8 Å². The minimum atomic E-state index is -0.826. The Kier molecular flexibility index (Phi) is 4.45. The van der Waals surface area contributed by atoms with Gasteiger partial charge in [0.2, 0.25) is 17.7 Å². The van der Waals surface area contributed by atoms with Crippen LogP contribution in [0.1, 0.15) is 32.3 Å². The van der Waals surface area contributed by atoms with Gasteiger partial charge in [0.05, 0.1) is 7.11 Å². The van der Waals surface area contributed by atoms with Crippen LogP contribution in [0.5, 0.6) is 5.88 Å². The average Bonchev–Trinajstić information content (AvgIpc) is 2.60. The molecule has 0 radical (unpaired) electrons. The summed E-state index contributed by atoms with van der Waals surface area (Å²) in [6.45, 7) is 4.54. The minimum Gasteiger partial charge on any atom is -0.481 e. The van der Waals surface area contributed by atoms with Gasteiger partial charge in [-0.25, -0.2) is 4.98 Å². The van der Waals surface area contributed by atoms with E-state index < -0.39 is 5.54 Å². The number of hydrogen-bond donors (Lipinski definition) is 1. The number of methoxy groups -OCH3 is 1. The van der Waals surface area contributed by atoms with Gasteiger partial charge >= 0.3 is 0 Å². The molecule has 1 saturated heterocycles. The van der Waals surface area contributed by atoms with Crippen LogP contribution in [0.3, 0.4) is 0 Å². The van der Waals surface area contributed by atoms with Crippen molar-refractivity contribution >= 4 is 11.8 Å². The van der Waals surface area contributed by atoms with Crippen molar-refractivity contribution in [2.24, 2.45) is 0 Å². The van der Waals surface area contributed by atoms with Crippen LogP contribution in [0.2, 0.25) is 0 Å². The van der Waals surface area contributed by atoms with Crippen molar-refractivity contribution < 1.29 is 14.3 Å². The Morgan fingerprint density at radius 3 is 2.76 bits per heavy atom. The number of aromatic nitrogens is 1. The molecule has 0 aromatic carbocycles. The topological polar surface area (TPSA) is 71.5 Å². The molecular weight excluding hydrogens is 270 g/mol. The van der Waals surface area contributed by atoms with Gasteiger partial charge < -0.3 is 15.0 Å². The van der Waals surface area contributed by atoms with Crippen LogP contribution < -0.4 is 10.1 Å². The molecular formula is C15H21N3O3. The van der Waals surface area contributed by atoms with Gasteiger partial charge in [0.15, 0.2) is 0 Å². The number of amides is 2. The van der Waals surface area contributed by atoms with Crippen LogP contribution in [-0.4, -0.2) is 40.9 Å². The molecule has 2 rings (SSSR count). The normalized spacial score (nSPS) is 22.7. The van der Waals surface area contributed by atoms with Crippen LogP contribution in [0.15, 0.2) is 18.3 Å².